The van der Waals surface area contributed by atoms with E-state index in [9.17, 15) is 30.0 Å². The Kier molecular flexibility index (Phi) is 9.04. The van der Waals surface area contributed by atoms with Crippen molar-refractivity contribution < 1.29 is 44.2 Å². The number of aliphatic hydroxyl groups excluding tert-OH is 4. The Hall–Kier alpha value is -2.87. The van der Waals surface area contributed by atoms with E-state index in [4.69, 9.17) is 18.9 Å². The molecule has 1 fully saturated rings. The fraction of sp³-hybridized carbons (Fsp3) is 0.481. The second-order valence-corrected chi connectivity index (χ2v) is 10.2. The van der Waals surface area contributed by atoms with Crippen molar-refractivity contribution in [1.82, 2.24) is 5.32 Å². The number of ether oxygens (including phenoxy) is 4. The third kappa shape index (κ3) is 5.58. The molecule has 0 saturated carbocycles. The van der Waals surface area contributed by atoms with E-state index in [0.717, 1.165) is 5.56 Å². The third-order valence-electron chi connectivity index (χ3n) is 6.97. The first kappa shape index (κ1) is 29.1. The summed E-state index contributed by atoms with van der Waals surface area (Å²) in [5, 5.41) is 43.4. The summed E-state index contributed by atoms with van der Waals surface area (Å²) in [5.41, 5.74) is 2.55. The minimum Gasteiger partial charge on any atom is -0.492 e. The first-order valence-electron chi connectivity index (χ1n) is 12.4. The Morgan fingerprint density at radius 1 is 1.10 bits per heavy atom. The number of rotatable bonds is 7. The zero-order valence-corrected chi connectivity index (χ0v) is 22.9. The van der Waals surface area contributed by atoms with E-state index < -0.39 is 43.4 Å². The number of benzene rings is 1. The average Bonchev–Trinajstić information content (AvgIpc) is 3.16. The molecule has 2 aromatic rings. The summed E-state index contributed by atoms with van der Waals surface area (Å²) >= 11 is 1.32. The van der Waals surface area contributed by atoms with Crippen LogP contribution in [0, 0.1) is 0 Å². The molecule has 11 nitrogen and oxygen atoms in total. The van der Waals surface area contributed by atoms with Crippen molar-refractivity contribution >= 4 is 17.7 Å². The van der Waals surface area contributed by atoms with Crippen LogP contribution in [0.3, 0.4) is 0 Å². The number of thioether (sulfide) groups is 1. The van der Waals surface area contributed by atoms with E-state index in [2.05, 4.69) is 5.32 Å². The molecule has 0 bridgehead atoms. The molecule has 5 N–H and O–H groups in total. The van der Waals surface area contributed by atoms with Gasteiger partial charge in [0.05, 0.1) is 31.8 Å². The molecule has 0 radical (unpaired) electrons. The number of aryl methyl sites for hydroxylation is 1. The van der Waals surface area contributed by atoms with Gasteiger partial charge in [-0.3, -0.25) is 9.59 Å². The summed E-state index contributed by atoms with van der Waals surface area (Å²) in [6.45, 7) is 0.815. The second-order valence-electron chi connectivity index (χ2n) is 9.36. The molecule has 1 heterocycles. The summed E-state index contributed by atoms with van der Waals surface area (Å²) in [4.78, 5) is 25.6. The highest BCUT2D eigenvalue weighted by Gasteiger charge is 2.45. The number of methoxy groups -OCH3 is 2. The number of aliphatic hydroxyl groups is 4. The van der Waals surface area contributed by atoms with Crippen molar-refractivity contribution in [3.63, 3.8) is 0 Å². The van der Waals surface area contributed by atoms with Crippen LogP contribution < -0.4 is 25.0 Å². The first-order valence-corrected chi connectivity index (χ1v) is 13.6. The van der Waals surface area contributed by atoms with Crippen LogP contribution in [0.15, 0.2) is 34.0 Å². The number of carbonyl (C=O) groups is 1. The van der Waals surface area contributed by atoms with Gasteiger partial charge in [0, 0.05) is 12.5 Å². The van der Waals surface area contributed by atoms with Gasteiger partial charge in [0.2, 0.25) is 17.9 Å². The van der Waals surface area contributed by atoms with Crippen LogP contribution in [0.2, 0.25) is 0 Å². The molecule has 0 unspecified atom stereocenters. The Labute approximate surface area is 229 Å². The van der Waals surface area contributed by atoms with E-state index in [1.165, 1.54) is 32.9 Å². The van der Waals surface area contributed by atoms with Crippen LogP contribution in [0.4, 0.5) is 0 Å². The maximum atomic E-state index is 13.0. The second kappa shape index (κ2) is 12.1. The van der Waals surface area contributed by atoms with Crippen LogP contribution in [0.5, 0.6) is 17.2 Å². The monoisotopic (exact) mass is 563 g/mol. The molecule has 1 amide bonds. The molecule has 6 atom stereocenters. The van der Waals surface area contributed by atoms with Crippen LogP contribution >= 0.6 is 11.8 Å². The largest absolute Gasteiger partial charge is 0.492 e. The fourth-order valence-electron chi connectivity index (χ4n) is 5.09. The summed E-state index contributed by atoms with van der Waals surface area (Å²) in [5.74, 6) is 0.350. The van der Waals surface area contributed by atoms with Gasteiger partial charge in [-0.1, -0.05) is 6.07 Å². The zero-order chi connectivity index (χ0) is 28.4. The zero-order valence-electron chi connectivity index (χ0n) is 22.0. The van der Waals surface area contributed by atoms with Crippen LogP contribution in [0.1, 0.15) is 30.5 Å². The van der Waals surface area contributed by atoms with Crippen molar-refractivity contribution in [3.8, 4) is 28.4 Å². The van der Waals surface area contributed by atoms with E-state index in [1.807, 2.05) is 12.3 Å². The van der Waals surface area contributed by atoms with Gasteiger partial charge in [0.25, 0.3) is 0 Å². The molecule has 1 aliphatic heterocycles. The third-order valence-corrected chi connectivity index (χ3v) is 7.75. The van der Waals surface area contributed by atoms with Gasteiger partial charge in [-0.2, -0.15) is 0 Å². The molecule has 1 aliphatic carbocycles. The normalized spacial score (nSPS) is 26.1. The molecule has 0 aromatic heterocycles. The van der Waals surface area contributed by atoms with E-state index in [-0.39, 0.29) is 22.8 Å². The molecular weight excluding hydrogens is 530 g/mol. The molecule has 39 heavy (non-hydrogen) atoms. The highest BCUT2D eigenvalue weighted by Crippen LogP contribution is 2.50. The maximum Gasteiger partial charge on any atom is 0.229 e. The number of carbonyl (C=O) groups excluding carboxylic acids is 1. The predicted octanol–water partition coefficient (Wildman–Crippen LogP) is 0.755. The van der Waals surface area contributed by atoms with Crippen molar-refractivity contribution in [2.24, 2.45) is 0 Å². The smallest absolute Gasteiger partial charge is 0.229 e. The molecule has 2 aromatic carbocycles. The van der Waals surface area contributed by atoms with E-state index >= 15 is 0 Å². The summed E-state index contributed by atoms with van der Waals surface area (Å²) in [6, 6.07) is 6.34. The lowest BCUT2D eigenvalue weighted by molar-refractivity contribution is -0.277. The lowest BCUT2D eigenvalue weighted by atomic mass is 9.95. The average molecular weight is 564 g/mol. The SMILES string of the molecule is COc1c(O[C@H]2O[C@@H](CO)[C@H](O)[C@@H](O)[C@@H]2O)cc2c(c1OC)-c1ccc(SC)c(=O)cc1[C@H](NC(C)=O)CC2. The molecule has 212 valence electrons. The van der Waals surface area contributed by atoms with Gasteiger partial charge in [-0.25, -0.2) is 0 Å². The Morgan fingerprint density at radius 3 is 2.44 bits per heavy atom. The number of hydrogen-bond donors (Lipinski definition) is 5. The summed E-state index contributed by atoms with van der Waals surface area (Å²) in [6.07, 6.45) is -4.64. The first-order chi connectivity index (χ1) is 18.6. The summed E-state index contributed by atoms with van der Waals surface area (Å²) in [7, 11) is 2.87. The number of fused-ring (bicyclic) bond motifs is 3. The lowest BCUT2D eigenvalue weighted by Gasteiger charge is -2.39. The minimum atomic E-state index is -1.62. The Morgan fingerprint density at radius 2 is 1.82 bits per heavy atom. The van der Waals surface area contributed by atoms with Gasteiger partial charge in [0.15, 0.2) is 16.9 Å². The van der Waals surface area contributed by atoms with Gasteiger partial charge < -0.3 is 44.7 Å². The van der Waals surface area contributed by atoms with Gasteiger partial charge >= 0.3 is 0 Å². The molecular formula is C27H33NO10S. The van der Waals surface area contributed by atoms with E-state index in [0.29, 0.717) is 40.2 Å². The fourth-order valence-corrected chi connectivity index (χ4v) is 5.55. The maximum absolute atomic E-state index is 13.0. The van der Waals surface area contributed by atoms with Gasteiger partial charge in [-0.05, 0) is 54.0 Å². The number of hydrogen-bond acceptors (Lipinski definition) is 11. The Bertz CT molecular complexity index is 1290. The van der Waals surface area contributed by atoms with Gasteiger partial charge in [0.1, 0.15) is 24.4 Å². The molecule has 1 saturated heterocycles. The number of amides is 1. The van der Waals surface area contributed by atoms with Crippen molar-refractivity contribution in [3.05, 3.63) is 45.6 Å². The quantitative estimate of drug-likeness (QED) is 0.302. The molecule has 0 spiro atoms. The summed E-state index contributed by atoms with van der Waals surface area (Å²) < 4.78 is 23.0. The predicted molar refractivity (Wildman–Crippen MR) is 142 cm³/mol. The molecule has 4 rings (SSSR count). The van der Waals surface area contributed by atoms with Gasteiger partial charge in [-0.15, -0.1) is 11.8 Å². The van der Waals surface area contributed by atoms with Crippen molar-refractivity contribution in [2.75, 3.05) is 27.1 Å². The van der Waals surface area contributed by atoms with Crippen LogP contribution in [-0.2, 0) is 16.0 Å². The highest BCUT2D eigenvalue weighted by atomic mass is 32.2. The number of nitrogens with one attached hydrogen (secondary N) is 1. The Balaban J connectivity index is 1.89. The van der Waals surface area contributed by atoms with E-state index in [1.54, 1.807) is 18.2 Å². The standard InChI is InChI=1S/C27H33NO10S/c1-12(30)28-16-7-5-13-9-18(37-27-24(34)23(33)22(32)19(11-29)38-27)25(35-2)26(36-3)21(13)14-6-8-20(39-4)17(31)10-15(14)16/h6,8-10,16,19,22-24,27,29,32-34H,5,7,11H2,1-4H3,(H,28,30)/t16-,19+,22+,23-,24+,27+/m1/s1. The molecule has 2 aliphatic rings. The highest BCUT2D eigenvalue weighted by molar-refractivity contribution is 7.98. The van der Waals surface area contributed by atoms with Crippen LogP contribution in [-0.4, -0.2) is 84.1 Å². The topological polar surface area (TPSA) is 164 Å². The lowest BCUT2D eigenvalue weighted by Crippen LogP contribution is -2.60. The van der Waals surface area contributed by atoms with Crippen LogP contribution in [0.25, 0.3) is 11.1 Å². The minimum absolute atomic E-state index is 0.131. The van der Waals surface area contributed by atoms with Crippen molar-refractivity contribution in [1.29, 1.82) is 0 Å². The van der Waals surface area contributed by atoms with Crippen molar-refractivity contribution in [2.45, 2.75) is 61.4 Å². The molecule has 12 heteroatoms.